The molecule has 2 heterocycles. The maximum absolute atomic E-state index is 5.72. The fourth-order valence-corrected chi connectivity index (χ4v) is 3.46. The van der Waals surface area contributed by atoms with Crippen LogP contribution in [0, 0.1) is 0 Å². The topological polar surface area (TPSA) is 73.3 Å². The van der Waals surface area contributed by atoms with E-state index >= 15 is 0 Å². The van der Waals surface area contributed by atoms with Crippen LogP contribution >= 0.6 is 24.0 Å². The second-order valence-electron chi connectivity index (χ2n) is 8.16. The third kappa shape index (κ3) is 7.46. The summed E-state index contributed by atoms with van der Waals surface area (Å²) < 4.78 is 22.6. The van der Waals surface area contributed by atoms with E-state index in [1.165, 1.54) is 5.56 Å². The zero-order valence-electron chi connectivity index (χ0n) is 18.4. The van der Waals surface area contributed by atoms with E-state index < -0.39 is 0 Å². The van der Waals surface area contributed by atoms with Gasteiger partial charge < -0.3 is 29.6 Å². The van der Waals surface area contributed by atoms with E-state index in [1.807, 2.05) is 6.07 Å². The molecule has 2 aliphatic rings. The number of hydrogen-bond acceptors (Lipinski definition) is 5. The molecule has 0 spiro atoms. The Hall–Kier alpha value is -1.26. The van der Waals surface area contributed by atoms with Gasteiger partial charge in [0.15, 0.2) is 17.5 Å². The minimum Gasteiger partial charge on any atom is -0.486 e. The van der Waals surface area contributed by atoms with Crippen LogP contribution in [0.4, 0.5) is 0 Å². The highest BCUT2D eigenvalue weighted by Crippen LogP contribution is 2.34. The highest BCUT2D eigenvalue weighted by Gasteiger charge is 2.24. The molecule has 0 aromatic heterocycles. The summed E-state index contributed by atoms with van der Waals surface area (Å²) in [6, 6.07) is 6.18. The first kappa shape index (κ1) is 25.0. The Labute approximate surface area is 197 Å². The predicted octanol–water partition coefficient (Wildman–Crippen LogP) is 3.10. The summed E-state index contributed by atoms with van der Waals surface area (Å²) in [6.07, 6.45) is 3.49. The molecular formula is C22H36IN3O4. The van der Waals surface area contributed by atoms with Crippen molar-refractivity contribution in [2.75, 3.05) is 53.2 Å². The number of halogens is 1. The van der Waals surface area contributed by atoms with Crippen LogP contribution in [0.25, 0.3) is 0 Å². The van der Waals surface area contributed by atoms with E-state index in [2.05, 4.69) is 41.6 Å². The molecule has 8 heteroatoms. The summed E-state index contributed by atoms with van der Waals surface area (Å²) in [5.74, 6) is 2.45. The lowest BCUT2D eigenvalue weighted by molar-refractivity contribution is 0.0168. The summed E-state index contributed by atoms with van der Waals surface area (Å²) >= 11 is 0. The fraction of sp³-hybridized carbons (Fsp3) is 0.682. The van der Waals surface area contributed by atoms with Crippen molar-refractivity contribution in [3.63, 3.8) is 0 Å². The Bertz CT molecular complexity index is 678. The molecule has 170 valence electrons. The van der Waals surface area contributed by atoms with E-state index in [1.54, 1.807) is 7.05 Å². The molecule has 3 rings (SSSR count). The van der Waals surface area contributed by atoms with Crippen molar-refractivity contribution < 1.29 is 18.9 Å². The Balaban J connectivity index is 0.00000320. The van der Waals surface area contributed by atoms with Crippen LogP contribution in [-0.4, -0.2) is 65.2 Å². The Morgan fingerprint density at radius 3 is 2.70 bits per heavy atom. The number of aliphatic imine (C=N–C) groups is 1. The standard InChI is InChI=1S/C22H35N3O4.HI/c1-22(2,17-7-8-19-20(14-17)29-13-12-28-19)16-25-21(23-3)24-9-5-10-26-15-18-6-4-11-27-18;/h7-8,14,18H,4-6,9-13,15-16H2,1-3H3,(H2,23,24,25);1H. The molecule has 30 heavy (non-hydrogen) atoms. The van der Waals surface area contributed by atoms with E-state index in [0.29, 0.717) is 25.9 Å². The predicted molar refractivity (Wildman–Crippen MR) is 130 cm³/mol. The molecule has 1 atom stereocenters. The first-order valence-electron chi connectivity index (χ1n) is 10.6. The van der Waals surface area contributed by atoms with Gasteiger partial charge in [-0.15, -0.1) is 24.0 Å². The Kier molecular flexibility index (Phi) is 10.5. The third-order valence-corrected chi connectivity index (χ3v) is 5.33. The average molecular weight is 533 g/mol. The molecule has 2 aliphatic heterocycles. The van der Waals surface area contributed by atoms with Crippen LogP contribution in [0.5, 0.6) is 11.5 Å². The third-order valence-electron chi connectivity index (χ3n) is 5.33. The number of nitrogens with one attached hydrogen (secondary N) is 2. The van der Waals surface area contributed by atoms with Gasteiger partial charge in [0.2, 0.25) is 0 Å². The lowest BCUT2D eigenvalue weighted by Gasteiger charge is -2.28. The smallest absolute Gasteiger partial charge is 0.191 e. The van der Waals surface area contributed by atoms with Gasteiger partial charge in [-0.1, -0.05) is 19.9 Å². The zero-order valence-corrected chi connectivity index (χ0v) is 20.7. The van der Waals surface area contributed by atoms with E-state index in [9.17, 15) is 0 Å². The minimum absolute atomic E-state index is 0. The van der Waals surface area contributed by atoms with Gasteiger partial charge in [0.1, 0.15) is 13.2 Å². The first-order valence-corrected chi connectivity index (χ1v) is 10.6. The average Bonchev–Trinajstić information content (AvgIpc) is 3.26. The molecule has 1 saturated heterocycles. The van der Waals surface area contributed by atoms with Crippen LogP contribution in [0.15, 0.2) is 23.2 Å². The molecule has 1 fully saturated rings. The monoisotopic (exact) mass is 533 g/mol. The summed E-state index contributed by atoms with van der Waals surface area (Å²) in [7, 11) is 1.79. The van der Waals surface area contributed by atoms with Gasteiger partial charge in [0.25, 0.3) is 0 Å². The highest BCUT2D eigenvalue weighted by molar-refractivity contribution is 14.0. The first-order chi connectivity index (χ1) is 14.1. The van der Waals surface area contributed by atoms with Crippen molar-refractivity contribution in [2.24, 2.45) is 4.99 Å². The molecule has 0 radical (unpaired) electrons. The van der Waals surface area contributed by atoms with E-state index in [-0.39, 0.29) is 29.4 Å². The van der Waals surface area contributed by atoms with Gasteiger partial charge in [-0.25, -0.2) is 0 Å². The Morgan fingerprint density at radius 1 is 1.17 bits per heavy atom. The number of rotatable bonds is 9. The lowest BCUT2D eigenvalue weighted by Crippen LogP contribution is -2.43. The quantitative estimate of drug-likeness (QED) is 0.220. The maximum atomic E-state index is 5.72. The molecule has 2 N–H and O–H groups in total. The minimum atomic E-state index is -0.0855. The van der Waals surface area contributed by atoms with Gasteiger partial charge in [0, 0.05) is 38.8 Å². The van der Waals surface area contributed by atoms with E-state index in [0.717, 1.165) is 63.0 Å². The van der Waals surface area contributed by atoms with Crippen LogP contribution in [-0.2, 0) is 14.9 Å². The molecule has 0 aliphatic carbocycles. The van der Waals surface area contributed by atoms with Gasteiger partial charge >= 0.3 is 0 Å². The Morgan fingerprint density at radius 2 is 1.97 bits per heavy atom. The number of hydrogen-bond donors (Lipinski definition) is 2. The second kappa shape index (κ2) is 12.6. The normalized spacial score (nSPS) is 18.6. The zero-order chi connectivity index (χ0) is 20.5. The molecule has 0 saturated carbocycles. The molecule has 1 aromatic rings. The fourth-order valence-electron chi connectivity index (χ4n) is 3.46. The SMILES string of the molecule is CN=C(NCCCOCC1CCCO1)NCC(C)(C)c1ccc2c(c1)OCCO2.I. The summed E-state index contributed by atoms with van der Waals surface area (Å²) in [6.45, 7) is 9.50. The molecule has 1 unspecified atom stereocenters. The van der Waals surface area contributed by atoms with E-state index in [4.69, 9.17) is 18.9 Å². The van der Waals surface area contributed by atoms with Crippen LogP contribution < -0.4 is 20.1 Å². The number of ether oxygens (including phenoxy) is 4. The van der Waals surface area contributed by atoms with Gasteiger partial charge in [-0.2, -0.15) is 0 Å². The highest BCUT2D eigenvalue weighted by atomic mass is 127. The van der Waals surface area contributed by atoms with Gasteiger partial charge in [0.05, 0.1) is 12.7 Å². The molecular weight excluding hydrogens is 497 g/mol. The largest absolute Gasteiger partial charge is 0.486 e. The molecule has 0 bridgehead atoms. The number of fused-ring (bicyclic) bond motifs is 1. The van der Waals surface area contributed by atoms with Crippen molar-refractivity contribution in [2.45, 2.75) is 44.6 Å². The van der Waals surface area contributed by atoms with Gasteiger partial charge in [-0.05, 0) is 37.0 Å². The van der Waals surface area contributed by atoms with Crippen molar-refractivity contribution >= 4 is 29.9 Å². The second-order valence-corrected chi connectivity index (χ2v) is 8.16. The number of benzene rings is 1. The van der Waals surface area contributed by atoms with Crippen molar-refractivity contribution in [1.29, 1.82) is 0 Å². The molecule has 1 aromatic carbocycles. The molecule has 0 amide bonds. The summed E-state index contributed by atoms with van der Waals surface area (Å²) in [5.41, 5.74) is 1.12. The van der Waals surface area contributed by atoms with Crippen LogP contribution in [0.2, 0.25) is 0 Å². The van der Waals surface area contributed by atoms with Crippen LogP contribution in [0.3, 0.4) is 0 Å². The summed E-state index contributed by atoms with van der Waals surface area (Å²) in [5, 5.41) is 6.78. The number of nitrogens with zero attached hydrogens (tertiary/aromatic N) is 1. The molecule has 7 nitrogen and oxygen atoms in total. The maximum Gasteiger partial charge on any atom is 0.191 e. The van der Waals surface area contributed by atoms with Crippen LogP contribution in [0.1, 0.15) is 38.7 Å². The van der Waals surface area contributed by atoms with Crippen molar-refractivity contribution in [3.05, 3.63) is 23.8 Å². The van der Waals surface area contributed by atoms with Crippen molar-refractivity contribution in [3.8, 4) is 11.5 Å². The lowest BCUT2D eigenvalue weighted by atomic mass is 9.84. The van der Waals surface area contributed by atoms with Gasteiger partial charge in [-0.3, -0.25) is 4.99 Å². The van der Waals surface area contributed by atoms with Crippen molar-refractivity contribution in [1.82, 2.24) is 10.6 Å². The summed E-state index contributed by atoms with van der Waals surface area (Å²) in [4.78, 5) is 4.32. The number of guanidine groups is 1.